The second-order valence-electron chi connectivity index (χ2n) is 4.53. The number of hydrogen-bond donors (Lipinski definition) is 1. The second kappa shape index (κ2) is 6.69. The number of thiophene rings is 1. The van der Waals surface area contributed by atoms with E-state index in [0.717, 1.165) is 10.4 Å². The van der Waals surface area contributed by atoms with Crippen LogP contribution < -0.4 is 5.32 Å². The molecule has 0 fully saturated rings. The third-order valence-corrected chi connectivity index (χ3v) is 5.14. The van der Waals surface area contributed by atoms with Crippen LogP contribution in [0.25, 0.3) is 0 Å². The van der Waals surface area contributed by atoms with Crippen LogP contribution >= 0.6 is 34.5 Å². The standard InChI is InChI=1S/C15H13Cl2NO3S/c1-7-8(2)22-14(11(7)15(20)21-3)18-13(19)9-5-4-6-10(16)12(9)17/h4-6H,1-3H3,(H,18,19). The van der Waals surface area contributed by atoms with Crippen LogP contribution in [-0.2, 0) is 4.74 Å². The number of rotatable bonds is 3. The minimum Gasteiger partial charge on any atom is -0.465 e. The van der Waals surface area contributed by atoms with E-state index in [1.807, 2.05) is 6.92 Å². The van der Waals surface area contributed by atoms with Gasteiger partial charge in [-0.05, 0) is 31.5 Å². The maximum atomic E-state index is 12.4. The molecule has 1 heterocycles. The molecule has 4 nitrogen and oxygen atoms in total. The minimum atomic E-state index is -0.491. The maximum absolute atomic E-state index is 12.4. The lowest BCUT2D eigenvalue weighted by Gasteiger charge is -2.08. The first kappa shape index (κ1) is 16.8. The van der Waals surface area contributed by atoms with Gasteiger partial charge in [-0.3, -0.25) is 4.79 Å². The van der Waals surface area contributed by atoms with Crippen LogP contribution in [0.15, 0.2) is 18.2 Å². The van der Waals surface area contributed by atoms with Crippen molar-refractivity contribution in [3.8, 4) is 0 Å². The van der Waals surface area contributed by atoms with Crippen molar-refractivity contribution in [3.63, 3.8) is 0 Å². The molecule has 0 spiro atoms. The van der Waals surface area contributed by atoms with E-state index in [0.29, 0.717) is 15.6 Å². The van der Waals surface area contributed by atoms with Gasteiger partial charge in [0.25, 0.3) is 5.91 Å². The third-order valence-electron chi connectivity index (χ3n) is 3.20. The Labute approximate surface area is 142 Å². The summed E-state index contributed by atoms with van der Waals surface area (Å²) in [4.78, 5) is 25.2. The van der Waals surface area contributed by atoms with Gasteiger partial charge in [0.1, 0.15) is 5.00 Å². The predicted octanol–water partition coefficient (Wildman–Crippen LogP) is 4.71. The molecule has 1 N–H and O–H groups in total. The summed E-state index contributed by atoms with van der Waals surface area (Å²) in [7, 11) is 1.30. The van der Waals surface area contributed by atoms with Gasteiger partial charge in [0, 0.05) is 4.88 Å². The van der Waals surface area contributed by atoms with Gasteiger partial charge in [0.05, 0.1) is 28.3 Å². The van der Waals surface area contributed by atoms with Gasteiger partial charge < -0.3 is 10.1 Å². The number of halogens is 2. The number of nitrogens with one attached hydrogen (secondary N) is 1. The fourth-order valence-electron chi connectivity index (χ4n) is 1.91. The normalized spacial score (nSPS) is 10.4. The van der Waals surface area contributed by atoms with E-state index in [4.69, 9.17) is 27.9 Å². The van der Waals surface area contributed by atoms with Gasteiger partial charge in [0.2, 0.25) is 0 Å². The smallest absolute Gasteiger partial charge is 0.341 e. The molecular formula is C15H13Cl2NO3S. The first-order valence-corrected chi connectivity index (χ1v) is 7.87. The van der Waals surface area contributed by atoms with Crippen LogP contribution in [-0.4, -0.2) is 19.0 Å². The molecule has 0 bridgehead atoms. The molecule has 1 aromatic heterocycles. The van der Waals surface area contributed by atoms with E-state index in [9.17, 15) is 9.59 Å². The summed E-state index contributed by atoms with van der Waals surface area (Å²) in [5.41, 5.74) is 1.38. The number of benzene rings is 1. The molecule has 0 radical (unpaired) electrons. The molecule has 1 amide bonds. The fraction of sp³-hybridized carbons (Fsp3) is 0.200. The monoisotopic (exact) mass is 357 g/mol. The van der Waals surface area contributed by atoms with Gasteiger partial charge in [-0.25, -0.2) is 4.79 Å². The van der Waals surface area contributed by atoms with Gasteiger partial charge in [-0.2, -0.15) is 0 Å². The van der Waals surface area contributed by atoms with Crippen molar-refractivity contribution in [2.24, 2.45) is 0 Å². The third kappa shape index (κ3) is 3.11. The SMILES string of the molecule is COC(=O)c1c(NC(=O)c2cccc(Cl)c2Cl)sc(C)c1C. The summed E-state index contributed by atoms with van der Waals surface area (Å²) in [6, 6.07) is 4.80. The van der Waals surface area contributed by atoms with Crippen molar-refractivity contribution >= 4 is 51.4 Å². The zero-order chi connectivity index (χ0) is 16.4. The summed E-state index contributed by atoms with van der Waals surface area (Å²) in [5, 5.41) is 3.61. The van der Waals surface area contributed by atoms with Gasteiger partial charge in [-0.1, -0.05) is 29.3 Å². The molecule has 2 rings (SSSR count). The van der Waals surface area contributed by atoms with Crippen LogP contribution in [0.5, 0.6) is 0 Å². The molecular weight excluding hydrogens is 345 g/mol. The van der Waals surface area contributed by atoms with E-state index in [2.05, 4.69) is 5.32 Å². The number of carbonyl (C=O) groups excluding carboxylic acids is 2. The average Bonchev–Trinajstić information content (AvgIpc) is 2.75. The van der Waals surface area contributed by atoms with E-state index >= 15 is 0 Å². The highest BCUT2D eigenvalue weighted by Gasteiger charge is 2.22. The lowest BCUT2D eigenvalue weighted by Crippen LogP contribution is -2.14. The van der Waals surface area contributed by atoms with Crippen molar-refractivity contribution in [1.82, 2.24) is 0 Å². The van der Waals surface area contributed by atoms with Crippen molar-refractivity contribution in [1.29, 1.82) is 0 Å². The number of anilines is 1. The van der Waals surface area contributed by atoms with Crippen LogP contribution in [0.1, 0.15) is 31.2 Å². The number of amides is 1. The molecule has 0 saturated carbocycles. The molecule has 116 valence electrons. The largest absolute Gasteiger partial charge is 0.465 e. The Kier molecular flexibility index (Phi) is 5.11. The quantitative estimate of drug-likeness (QED) is 0.809. The van der Waals surface area contributed by atoms with Crippen LogP contribution in [0, 0.1) is 13.8 Å². The molecule has 1 aromatic carbocycles. The van der Waals surface area contributed by atoms with Crippen LogP contribution in [0.3, 0.4) is 0 Å². The molecule has 22 heavy (non-hydrogen) atoms. The van der Waals surface area contributed by atoms with E-state index in [1.54, 1.807) is 25.1 Å². The van der Waals surface area contributed by atoms with E-state index < -0.39 is 11.9 Å². The molecule has 0 aliphatic rings. The Balaban J connectivity index is 2.39. The lowest BCUT2D eigenvalue weighted by molar-refractivity contribution is 0.0601. The van der Waals surface area contributed by atoms with Crippen LogP contribution in [0.4, 0.5) is 5.00 Å². The maximum Gasteiger partial charge on any atom is 0.341 e. The average molecular weight is 358 g/mol. The second-order valence-corrected chi connectivity index (χ2v) is 6.54. The number of aryl methyl sites for hydroxylation is 1. The summed E-state index contributed by atoms with van der Waals surface area (Å²) >= 11 is 13.3. The zero-order valence-corrected chi connectivity index (χ0v) is 14.4. The molecule has 0 atom stereocenters. The van der Waals surface area contributed by atoms with Gasteiger partial charge in [0.15, 0.2) is 0 Å². The van der Waals surface area contributed by atoms with Crippen molar-refractivity contribution in [2.45, 2.75) is 13.8 Å². The van der Waals surface area contributed by atoms with E-state index in [-0.39, 0.29) is 10.6 Å². The first-order valence-electron chi connectivity index (χ1n) is 6.30. The van der Waals surface area contributed by atoms with Crippen LogP contribution in [0.2, 0.25) is 10.0 Å². The highest BCUT2D eigenvalue weighted by molar-refractivity contribution is 7.16. The first-order chi connectivity index (χ1) is 10.4. The molecule has 2 aromatic rings. The van der Waals surface area contributed by atoms with Crippen molar-refractivity contribution < 1.29 is 14.3 Å². The topological polar surface area (TPSA) is 55.4 Å². The summed E-state index contributed by atoms with van der Waals surface area (Å²) in [6.45, 7) is 3.68. The van der Waals surface area contributed by atoms with E-state index in [1.165, 1.54) is 18.4 Å². The zero-order valence-electron chi connectivity index (χ0n) is 12.1. The number of ether oxygens (including phenoxy) is 1. The fourth-order valence-corrected chi connectivity index (χ4v) is 3.34. The highest BCUT2D eigenvalue weighted by atomic mass is 35.5. The Hall–Kier alpha value is -1.56. The molecule has 0 unspecified atom stereocenters. The number of hydrogen-bond acceptors (Lipinski definition) is 4. The molecule has 7 heteroatoms. The Morgan fingerprint density at radius 1 is 1.23 bits per heavy atom. The van der Waals surface area contributed by atoms with Gasteiger partial charge in [-0.15, -0.1) is 11.3 Å². The molecule has 0 aliphatic carbocycles. The predicted molar refractivity (Wildman–Crippen MR) is 89.5 cm³/mol. The Morgan fingerprint density at radius 3 is 2.55 bits per heavy atom. The summed E-state index contributed by atoms with van der Waals surface area (Å²) in [6.07, 6.45) is 0. The number of esters is 1. The lowest BCUT2D eigenvalue weighted by atomic mass is 10.1. The van der Waals surface area contributed by atoms with Crippen molar-refractivity contribution in [2.75, 3.05) is 12.4 Å². The van der Waals surface area contributed by atoms with Gasteiger partial charge >= 0.3 is 5.97 Å². The molecule has 0 saturated heterocycles. The summed E-state index contributed by atoms with van der Waals surface area (Å²) < 4.78 is 4.77. The Bertz CT molecular complexity index is 755. The number of carbonyl (C=O) groups is 2. The molecule has 0 aliphatic heterocycles. The Morgan fingerprint density at radius 2 is 1.91 bits per heavy atom. The summed E-state index contributed by atoms with van der Waals surface area (Å²) in [5.74, 6) is -0.923. The number of methoxy groups -OCH3 is 1. The highest BCUT2D eigenvalue weighted by Crippen LogP contribution is 2.34. The van der Waals surface area contributed by atoms with Crippen molar-refractivity contribution in [3.05, 3.63) is 49.8 Å². The minimum absolute atomic E-state index is 0.172.